The van der Waals surface area contributed by atoms with Crippen molar-refractivity contribution in [2.75, 3.05) is 0 Å². The fourth-order valence-corrected chi connectivity index (χ4v) is 1.69. The zero-order valence-electron chi connectivity index (χ0n) is 4.63. The molecule has 0 fully saturated rings. The molecule has 0 saturated carbocycles. The minimum Gasteiger partial charge on any atom is -0.289 e. The zero-order valence-corrected chi connectivity index (χ0v) is 5.44. The molecule has 1 aliphatic carbocycles. The number of fused-ring (bicyclic) bond motifs is 1. The predicted octanol–water partition coefficient (Wildman–Crippen LogP) is 1.96. The monoisotopic (exact) mass is 136 g/mol. The van der Waals surface area contributed by atoms with E-state index >= 15 is 0 Å². The maximum Gasteiger partial charge on any atom is 0.187 e. The van der Waals surface area contributed by atoms with E-state index in [1.54, 1.807) is 17.4 Å². The Kier molecular flexibility index (Phi) is 0.848. The van der Waals surface area contributed by atoms with Gasteiger partial charge in [-0.1, -0.05) is 0 Å². The first-order chi connectivity index (χ1) is 4.38. The second-order valence-electron chi connectivity index (χ2n) is 1.90. The predicted molar refractivity (Wildman–Crippen MR) is 37.7 cm³/mol. The maximum absolute atomic E-state index is 10.8. The van der Waals surface area contributed by atoms with Crippen LogP contribution in [0.15, 0.2) is 17.5 Å². The first-order valence-electron chi connectivity index (χ1n) is 2.68. The number of hydrogen-bond donors (Lipinski definition) is 0. The topological polar surface area (TPSA) is 17.1 Å². The number of allylic oxidation sites excluding steroid dienone is 1. The molecule has 0 atom stereocenters. The van der Waals surface area contributed by atoms with E-state index in [0.717, 1.165) is 10.4 Å². The standard InChI is InChI=1S/C7H4OS/c8-6-1-2-7-5(6)3-4-9-7/h1-4H. The number of carbonyl (C=O) groups is 1. The van der Waals surface area contributed by atoms with E-state index in [0.29, 0.717) is 0 Å². The van der Waals surface area contributed by atoms with Crippen LogP contribution in [0.1, 0.15) is 15.2 Å². The van der Waals surface area contributed by atoms with Gasteiger partial charge in [-0.2, -0.15) is 0 Å². The van der Waals surface area contributed by atoms with Crippen LogP contribution in [0.4, 0.5) is 0 Å². The van der Waals surface area contributed by atoms with Crippen molar-refractivity contribution >= 4 is 23.2 Å². The summed E-state index contributed by atoms with van der Waals surface area (Å²) >= 11 is 1.61. The highest BCUT2D eigenvalue weighted by atomic mass is 32.1. The third kappa shape index (κ3) is 0.566. The average Bonchev–Trinajstić information content (AvgIpc) is 2.35. The molecule has 0 radical (unpaired) electrons. The molecule has 2 heteroatoms. The number of carbonyl (C=O) groups excluding carboxylic acids is 1. The Bertz CT molecular complexity index is 283. The van der Waals surface area contributed by atoms with Crippen LogP contribution in [0.2, 0.25) is 0 Å². The molecule has 1 aliphatic rings. The van der Waals surface area contributed by atoms with E-state index in [-0.39, 0.29) is 5.78 Å². The Labute approximate surface area is 56.6 Å². The van der Waals surface area contributed by atoms with Crippen molar-refractivity contribution in [1.82, 2.24) is 0 Å². The van der Waals surface area contributed by atoms with Gasteiger partial charge in [0.25, 0.3) is 0 Å². The molecule has 0 spiro atoms. The molecule has 0 bridgehead atoms. The van der Waals surface area contributed by atoms with Gasteiger partial charge in [0.15, 0.2) is 5.78 Å². The average molecular weight is 136 g/mol. The van der Waals surface area contributed by atoms with Gasteiger partial charge in [-0.15, -0.1) is 11.3 Å². The molecule has 0 unspecified atom stereocenters. The number of rotatable bonds is 0. The van der Waals surface area contributed by atoms with Crippen molar-refractivity contribution in [3.05, 3.63) is 28.0 Å². The second kappa shape index (κ2) is 1.54. The highest BCUT2D eigenvalue weighted by Gasteiger charge is 2.12. The van der Waals surface area contributed by atoms with Gasteiger partial charge in [-0.05, 0) is 23.6 Å². The maximum atomic E-state index is 10.8. The van der Waals surface area contributed by atoms with E-state index in [1.165, 1.54) is 0 Å². The van der Waals surface area contributed by atoms with E-state index in [9.17, 15) is 4.79 Å². The molecule has 44 valence electrons. The molecule has 9 heavy (non-hydrogen) atoms. The van der Waals surface area contributed by atoms with Crippen LogP contribution < -0.4 is 0 Å². The van der Waals surface area contributed by atoms with Crippen molar-refractivity contribution in [1.29, 1.82) is 0 Å². The first-order valence-corrected chi connectivity index (χ1v) is 3.56. The van der Waals surface area contributed by atoms with Gasteiger partial charge < -0.3 is 0 Å². The van der Waals surface area contributed by atoms with Crippen molar-refractivity contribution in [3.8, 4) is 0 Å². The van der Waals surface area contributed by atoms with Gasteiger partial charge in [0.1, 0.15) is 0 Å². The summed E-state index contributed by atoms with van der Waals surface area (Å²) in [4.78, 5) is 11.9. The lowest BCUT2D eigenvalue weighted by Gasteiger charge is -1.79. The molecule has 0 aromatic carbocycles. The third-order valence-electron chi connectivity index (χ3n) is 1.35. The van der Waals surface area contributed by atoms with Crippen molar-refractivity contribution in [3.63, 3.8) is 0 Å². The lowest BCUT2D eigenvalue weighted by atomic mass is 10.2. The van der Waals surface area contributed by atoms with Gasteiger partial charge in [-0.25, -0.2) is 0 Å². The fraction of sp³-hybridized carbons (Fsp3) is 0. The summed E-state index contributed by atoms with van der Waals surface area (Å²) in [6.45, 7) is 0. The van der Waals surface area contributed by atoms with Gasteiger partial charge in [0.05, 0.1) is 0 Å². The largest absolute Gasteiger partial charge is 0.289 e. The molecule has 1 heterocycles. The Morgan fingerprint density at radius 3 is 3.00 bits per heavy atom. The van der Waals surface area contributed by atoms with Crippen LogP contribution in [0.3, 0.4) is 0 Å². The quantitative estimate of drug-likeness (QED) is 0.532. The summed E-state index contributed by atoms with van der Waals surface area (Å²) in [5.41, 5.74) is 0.861. The minimum absolute atomic E-state index is 0.145. The van der Waals surface area contributed by atoms with Crippen LogP contribution in [0.5, 0.6) is 0 Å². The summed E-state index contributed by atoms with van der Waals surface area (Å²) < 4.78 is 0. The lowest BCUT2D eigenvalue weighted by Crippen LogP contribution is -1.85. The second-order valence-corrected chi connectivity index (χ2v) is 2.84. The smallest absolute Gasteiger partial charge is 0.187 e. The van der Waals surface area contributed by atoms with Crippen molar-refractivity contribution < 1.29 is 4.79 Å². The summed E-state index contributed by atoms with van der Waals surface area (Å²) in [5.74, 6) is 0.145. The van der Waals surface area contributed by atoms with Crippen molar-refractivity contribution in [2.24, 2.45) is 0 Å². The summed E-state index contributed by atoms with van der Waals surface area (Å²) in [6.07, 6.45) is 3.48. The van der Waals surface area contributed by atoms with E-state index in [1.807, 2.05) is 17.5 Å². The number of hydrogen-bond acceptors (Lipinski definition) is 2. The summed E-state index contributed by atoms with van der Waals surface area (Å²) in [7, 11) is 0. The molecule has 0 saturated heterocycles. The molecule has 2 rings (SSSR count). The zero-order chi connectivity index (χ0) is 6.27. The Morgan fingerprint density at radius 1 is 1.33 bits per heavy atom. The van der Waals surface area contributed by atoms with Crippen LogP contribution in [-0.2, 0) is 0 Å². The highest BCUT2D eigenvalue weighted by molar-refractivity contribution is 7.11. The number of ketones is 1. The van der Waals surface area contributed by atoms with Gasteiger partial charge >= 0.3 is 0 Å². The van der Waals surface area contributed by atoms with Gasteiger partial charge in [0, 0.05) is 10.4 Å². The van der Waals surface area contributed by atoms with E-state index in [4.69, 9.17) is 0 Å². The molecular formula is C7H4OS. The van der Waals surface area contributed by atoms with E-state index in [2.05, 4.69) is 0 Å². The highest BCUT2D eigenvalue weighted by Crippen LogP contribution is 2.24. The molecule has 1 aromatic heterocycles. The van der Waals surface area contributed by atoms with Gasteiger partial charge in [0.2, 0.25) is 0 Å². The van der Waals surface area contributed by atoms with Crippen LogP contribution in [-0.4, -0.2) is 5.78 Å². The molecule has 1 aromatic rings. The van der Waals surface area contributed by atoms with Crippen LogP contribution >= 0.6 is 11.3 Å². The Hall–Kier alpha value is -0.890. The molecule has 0 amide bonds. The minimum atomic E-state index is 0.145. The normalized spacial score (nSPS) is 14.4. The SMILES string of the molecule is O=C1C=Cc2sccc21. The summed E-state index contributed by atoms with van der Waals surface area (Å²) in [5, 5.41) is 1.94. The summed E-state index contributed by atoms with van der Waals surface area (Å²) in [6, 6.07) is 1.86. The fourth-order valence-electron chi connectivity index (χ4n) is 0.895. The lowest BCUT2D eigenvalue weighted by molar-refractivity contribution is 0.105. The van der Waals surface area contributed by atoms with Crippen molar-refractivity contribution in [2.45, 2.75) is 0 Å². The van der Waals surface area contributed by atoms with Crippen LogP contribution in [0.25, 0.3) is 6.08 Å². The molecule has 1 nitrogen and oxygen atoms in total. The van der Waals surface area contributed by atoms with Gasteiger partial charge in [-0.3, -0.25) is 4.79 Å². The third-order valence-corrected chi connectivity index (χ3v) is 2.23. The number of thiophene rings is 1. The Balaban J connectivity index is 2.73. The first kappa shape index (κ1) is 4.94. The Morgan fingerprint density at radius 2 is 2.22 bits per heavy atom. The van der Waals surface area contributed by atoms with E-state index < -0.39 is 0 Å². The van der Waals surface area contributed by atoms with Crippen LogP contribution in [0, 0.1) is 0 Å². The molecular weight excluding hydrogens is 132 g/mol. The molecule has 0 aliphatic heterocycles. The molecule has 0 N–H and O–H groups in total.